The summed E-state index contributed by atoms with van der Waals surface area (Å²) in [6.45, 7) is 7.75. The molecule has 1 nitrogen and oxygen atoms in total. The van der Waals surface area contributed by atoms with Crippen molar-refractivity contribution < 1.29 is 0 Å². The predicted molar refractivity (Wildman–Crippen MR) is 88.3 cm³/mol. The van der Waals surface area contributed by atoms with Crippen molar-refractivity contribution in [3.63, 3.8) is 0 Å². The van der Waals surface area contributed by atoms with E-state index >= 15 is 0 Å². The topological polar surface area (TPSA) is 12.0 Å². The molecule has 1 N–H and O–H groups in total. The highest BCUT2D eigenvalue weighted by molar-refractivity contribution is 5.31. The van der Waals surface area contributed by atoms with E-state index in [1.165, 1.54) is 61.6 Å². The summed E-state index contributed by atoms with van der Waals surface area (Å²) >= 11 is 0. The second-order valence-corrected chi connectivity index (χ2v) is 6.62. The number of aryl methyl sites for hydroxylation is 2. The first-order valence-electron chi connectivity index (χ1n) is 8.48. The van der Waals surface area contributed by atoms with E-state index in [9.17, 15) is 0 Å². The molecule has 112 valence electrons. The quantitative estimate of drug-likeness (QED) is 0.753. The molecular weight excluding hydrogens is 242 g/mol. The Kier molecular flexibility index (Phi) is 6.09. The maximum atomic E-state index is 3.70. The molecule has 0 spiro atoms. The van der Waals surface area contributed by atoms with Gasteiger partial charge in [0, 0.05) is 6.04 Å². The molecule has 20 heavy (non-hydrogen) atoms. The van der Waals surface area contributed by atoms with Crippen LogP contribution in [0.2, 0.25) is 0 Å². The van der Waals surface area contributed by atoms with Crippen molar-refractivity contribution in [3.8, 4) is 0 Å². The Morgan fingerprint density at radius 2 is 1.95 bits per heavy atom. The van der Waals surface area contributed by atoms with Crippen LogP contribution in [-0.4, -0.2) is 12.6 Å². The highest BCUT2D eigenvalue weighted by Crippen LogP contribution is 2.29. The van der Waals surface area contributed by atoms with Gasteiger partial charge in [0.25, 0.3) is 0 Å². The summed E-state index contributed by atoms with van der Waals surface area (Å²) in [5.41, 5.74) is 4.36. The van der Waals surface area contributed by atoms with Gasteiger partial charge in [-0.25, -0.2) is 0 Å². The standard InChI is InChI=1S/C19H31N/c1-4-20-19(12-11-17-7-5-6-8-17)14-18-13-15(2)9-10-16(18)3/h9-10,13,17,19-20H,4-8,11-12,14H2,1-3H3. The third kappa shape index (κ3) is 4.63. The Morgan fingerprint density at radius 3 is 2.65 bits per heavy atom. The van der Waals surface area contributed by atoms with E-state index in [0.29, 0.717) is 6.04 Å². The third-order valence-electron chi connectivity index (χ3n) is 4.86. The van der Waals surface area contributed by atoms with E-state index in [4.69, 9.17) is 0 Å². The van der Waals surface area contributed by atoms with Gasteiger partial charge in [-0.1, -0.05) is 56.4 Å². The Labute approximate surface area is 125 Å². The minimum absolute atomic E-state index is 0.654. The highest BCUT2D eigenvalue weighted by atomic mass is 14.9. The van der Waals surface area contributed by atoms with E-state index in [1.807, 2.05) is 0 Å². The monoisotopic (exact) mass is 273 g/mol. The summed E-state index contributed by atoms with van der Waals surface area (Å²) in [6.07, 6.45) is 9.83. The molecule has 1 aliphatic rings. The Morgan fingerprint density at radius 1 is 1.20 bits per heavy atom. The van der Waals surface area contributed by atoms with Gasteiger partial charge in [0.05, 0.1) is 0 Å². The van der Waals surface area contributed by atoms with Crippen molar-refractivity contribution in [2.45, 2.75) is 71.8 Å². The van der Waals surface area contributed by atoms with E-state index in [0.717, 1.165) is 12.5 Å². The molecule has 1 heteroatoms. The molecule has 0 bridgehead atoms. The summed E-state index contributed by atoms with van der Waals surface area (Å²) in [4.78, 5) is 0. The van der Waals surface area contributed by atoms with Crippen LogP contribution in [0.1, 0.15) is 62.1 Å². The van der Waals surface area contributed by atoms with Gasteiger partial charge in [0.1, 0.15) is 0 Å². The van der Waals surface area contributed by atoms with E-state index < -0.39 is 0 Å². The lowest BCUT2D eigenvalue weighted by molar-refractivity contribution is 0.407. The molecule has 1 fully saturated rings. The van der Waals surface area contributed by atoms with Crippen molar-refractivity contribution in [2.24, 2.45) is 5.92 Å². The van der Waals surface area contributed by atoms with Gasteiger partial charge < -0.3 is 5.32 Å². The molecule has 0 aliphatic heterocycles. The van der Waals surface area contributed by atoms with E-state index in [1.54, 1.807) is 0 Å². The van der Waals surface area contributed by atoms with Crippen molar-refractivity contribution in [2.75, 3.05) is 6.54 Å². The molecule has 1 aromatic rings. The number of likely N-dealkylation sites (N-methyl/N-ethyl adjacent to an activating group) is 1. The van der Waals surface area contributed by atoms with Gasteiger partial charge in [-0.15, -0.1) is 0 Å². The first kappa shape index (κ1) is 15.6. The van der Waals surface area contributed by atoms with Crippen LogP contribution in [0.15, 0.2) is 18.2 Å². The number of hydrogen-bond acceptors (Lipinski definition) is 1. The van der Waals surface area contributed by atoms with Crippen LogP contribution in [0, 0.1) is 19.8 Å². The SMILES string of the molecule is CCNC(CCC1CCCC1)Cc1cc(C)ccc1C. The summed E-state index contributed by atoms with van der Waals surface area (Å²) in [7, 11) is 0. The number of nitrogens with one attached hydrogen (secondary N) is 1. The van der Waals surface area contributed by atoms with E-state index in [2.05, 4.69) is 44.3 Å². The van der Waals surface area contributed by atoms with Crippen LogP contribution in [0.5, 0.6) is 0 Å². The molecule has 0 radical (unpaired) electrons. The molecule has 0 aromatic heterocycles. The van der Waals surface area contributed by atoms with Crippen LogP contribution < -0.4 is 5.32 Å². The minimum Gasteiger partial charge on any atom is -0.314 e. The number of hydrogen-bond donors (Lipinski definition) is 1. The average molecular weight is 273 g/mol. The molecule has 0 amide bonds. The summed E-state index contributed by atoms with van der Waals surface area (Å²) in [6, 6.07) is 7.51. The normalized spacial score (nSPS) is 17.6. The fraction of sp³-hybridized carbons (Fsp3) is 0.684. The summed E-state index contributed by atoms with van der Waals surface area (Å²) in [5, 5.41) is 3.70. The van der Waals surface area contributed by atoms with Gasteiger partial charge >= 0.3 is 0 Å². The zero-order chi connectivity index (χ0) is 14.4. The third-order valence-corrected chi connectivity index (χ3v) is 4.86. The first-order valence-corrected chi connectivity index (χ1v) is 8.48. The van der Waals surface area contributed by atoms with Crippen LogP contribution in [0.4, 0.5) is 0 Å². The Balaban J connectivity index is 1.91. The average Bonchev–Trinajstić information content (AvgIpc) is 2.93. The lowest BCUT2D eigenvalue weighted by Gasteiger charge is -2.21. The molecule has 1 atom stereocenters. The maximum Gasteiger partial charge on any atom is 0.0108 e. The van der Waals surface area contributed by atoms with Gasteiger partial charge in [0.15, 0.2) is 0 Å². The van der Waals surface area contributed by atoms with Crippen molar-refractivity contribution >= 4 is 0 Å². The van der Waals surface area contributed by atoms with Crippen molar-refractivity contribution in [1.82, 2.24) is 5.32 Å². The minimum atomic E-state index is 0.654. The molecule has 2 rings (SSSR count). The van der Waals surface area contributed by atoms with Crippen molar-refractivity contribution in [1.29, 1.82) is 0 Å². The summed E-state index contributed by atoms with van der Waals surface area (Å²) in [5.74, 6) is 1.01. The fourth-order valence-electron chi connectivity index (χ4n) is 3.59. The van der Waals surface area contributed by atoms with Crippen LogP contribution in [-0.2, 0) is 6.42 Å². The van der Waals surface area contributed by atoms with Gasteiger partial charge in [-0.3, -0.25) is 0 Å². The number of rotatable bonds is 7. The second-order valence-electron chi connectivity index (χ2n) is 6.62. The first-order chi connectivity index (χ1) is 9.69. The van der Waals surface area contributed by atoms with Crippen LogP contribution in [0.3, 0.4) is 0 Å². The van der Waals surface area contributed by atoms with Gasteiger partial charge in [-0.2, -0.15) is 0 Å². The molecule has 1 saturated carbocycles. The molecule has 0 saturated heterocycles. The zero-order valence-electron chi connectivity index (χ0n) is 13.5. The Hall–Kier alpha value is -0.820. The summed E-state index contributed by atoms with van der Waals surface area (Å²) < 4.78 is 0. The van der Waals surface area contributed by atoms with Crippen LogP contribution >= 0.6 is 0 Å². The second kappa shape index (κ2) is 7.83. The maximum absolute atomic E-state index is 3.70. The Bertz CT molecular complexity index is 404. The number of benzene rings is 1. The highest BCUT2D eigenvalue weighted by Gasteiger charge is 2.17. The lowest BCUT2D eigenvalue weighted by atomic mass is 9.93. The molecule has 1 aliphatic carbocycles. The zero-order valence-corrected chi connectivity index (χ0v) is 13.5. The smallest absolute Gasteiger partial charge is 0.0108 e. The van der Waals surface area contributed by atoms with Crippen LogP contribution in [0.25, 0.3) is 0 Å². The molecule has 0 heterocycles. The van der Waals surface area contributed by atoms with Crippen molar-refractivity contribution in [3.05, 3.63) is 34.9 Å². The molecular formula is C19H31N. The molecule has 1 unspecified atom stereocenters. The van der Waals surface area contributed by atoms with Gasteiger partial charge in [0.2, 0.25) is 0 Å². The fourth-order valence-corrected chi connectivity index (χ4v) is 3.59. The lowest BCUT2D eigenvalue weighted by Crippen LogP contribution is -2.31. The van der Waals surface area contributed by atoms with Gasteiger partial charge in [-0.05, 0) is 56.7 Å². The largest absolute Gasteiger partial charge is 0.314 e. The predicted octanol–water partition coefficient (Wildman–Crippen LogP) is 4.79. The molecule has 1 aromatic carbocycles. The van der Waals surface area contributed by atoms with E-state index in [-0.39, 0.29) is 0 Å².